The molecule has 2 saturated carbocycles. The van der Waals surface area contributed by atoms with E-state index in [4.69, 9.17) is 0 Å². The predicted octanol–water partition coefficient (Wildman–Crippen LogP) is 3.78. The summed E-state index contributed by atoms with van der Waals surface area (Å²) in [7, 11) is 0. The van der Waals surface area contributed by atoms with Crippen LogP contribution in [0.4, 0.5) is 5.69 Å². The van der Waals surface area contributed by atoms with E-state index in [-0.39, 0.29) is 17.4 Å². The Balaban J connectivity index is 1.49. The minimum absolute atomic E-state index is 0.00935. The highest BCUT2D eigenvalue weighted by atomic mass is 16.2. The molecule has 0 aromatic heterocycles. The van der Waals surface area contributed by atoms with Crippen LogP contribution < -0.4 is 16.0 Å². The Morgan fingerprint density at radius 3 is 2.75 bits per heavy atom. The Hall–Kier alpha value is -2.04. The fraction of sp³-hybridized carbons (Fsp3) is 0.652. The standard InChI is InChI=1S/C23H35N3O2/c1-16-6-5-7-20(12-16)26-22(3,4)21(28)24-11-9-19-13-18-8-10-23(14-18,15-19)25-17(2)27/h5-7,12,18-19,26H,8-11,13-15H2,1-4H3,(H,24,28)(H,25,27)/t18-,19?,23-/m0/s1. The van der Waals surface area contributed by atoms with Gasteiger partial charge in [0.2, 0.25) is 11.8 Å². The normalized spacial score (nSPS) is 26.6. The van der Waals surface area contributed by atoms with Gasteiger partial charge in [-0.15, -0.1) is 0 Å². The second kappa shape index (κ2) is 8.14. The molecule has 2 aliphatic rings. The van der Waals surface area contributed by atoms with Crippen LogP contribution in [0, 0.1) is 18.8 Å². The van der Waals surface area contributed by atoms with Crippen molar-refractivity contribution >= 4 is 17.5 Å². The molecule has 28 heavy (non-hydrogen) atoms. The molecule has 0 radical (unpaired) electrons. The van der Waals surface area contributed by atoms with Gasteiger partial charge in [0.05, 0.1) is 0 Å². The number of hydrogen-bond acceptors (Lipinski definition) is 3. The Morgan fingerprint density at radius 1 is 1.25 bits per heavy atom. The molecule has 5 nitrogen and oxygen atoms in total. The number of anilines is 1. The fourth-order valence-corrected chi connectivity index (χ4v) is 5.24. The van der Waals surface area contributed by atoms with Gasteiger partial charge in [-0.3, -0.25) is 9.59 Å². The molecule has 0 aliphatic heterocycles. The van der Waals surface area contributed by atoms with Gasteiger partial charge in [-0.2, -0.15) is 0 Å². The average Bonchev–Trinajstić information content (AvgIpc) is 2.87. The first-order chi connectivity index (χ1) is 13.2. The van der Waals surface area contributed by atoms with Crippen LogP contribution in [0.3, 0.4) is 0 Å². The second-order valence-corrected chi connectivity index (χ2v) is 9.54. The molecule has 1 aromatic carbocycles. The number of nitrogens with one attached hydrogen (secondary N) is 3. The molecule has 2 aliphatic carbocycles. The zero-order valence-corrected chi connectivity index (χ0v) is 17.7. The summed E-state index contributed by atoms with van der Waals surface area (Å²) in [5, 5.41) is 9.69. The third-order valence-electron chi connectivity index (χ3n) is 6.38. The van der Waals surface area contributed by atoms with Crippen molar-refractivity contribution in [3.63, 3.8) is 0 Å². The number of fused-ring (bicyclic) bond motifs is 2. The molecule has 3 rings (SSSR count). The maximum Gasteiger partial charge on any atom is 0.245 e. The van der Waals surface area contributed by atoms with Crippen LogP contribution in [0.1, 0.15) is 64.9 Å². The van der Waals surface area contributed by atoms with E-state index in [2.05, 4.69) is 16.0 Å². The molecule has 0 spiro atoms. The average molecular weight is 386 g/mol. The molecular formula is C23H35N3O2. The van der Waals surface area contributed by atoms with Gasteiger partial charge in [0, 0.05) is 24.7 Å². The number of aryl methyl sites for hydroxylation is 1. The lowest BCUT2D eigenvalue weighted by molar-refractivity contribution is -0.124. The van der Waals surface area contributed by atoms with Crippen LogP contribution in [0.25, 0.3) is 0 Å². The largest absolute Gasteiger partial charge is 0.372 e. The smallest absolute Gasteiger partial charge is 0.245 e. The zero-order chi connectivity index (χ0) is 20.4. The molecule has 0 heterocycles. The number of amides is 2. The summed E-state index contributed by atoms with van der Waals surface area (Å²) < 4.78 is 0. The minimum atomic E-state index is -0.670. The van der Waals surface area contributed by atoms with Crippen molar-refractivity contribution in [2.24, 2.45) is 11.8 Å². The zero-order valence-electron chi connectivity index (χ0n) is 17.7. The van der Waals surface area contributed by atoms with Gasteiger partial charge in [0.25, 0.3) is 0 Å². The van der Waals surface area contributed by atoms with Crippen LogP contribution in [-0.2, 0) is 9.59 Å². The van der Waals surface area contributed by atoms with Crippen LogP contribution in [0.5, 0.6) is 0 Å². The summed E-state index contributed by atoms with van der Waals surface area (Å²) >= 11 is 0. The molecule has 5 heteroatoms. The van der Waals surface area contributed by atoms with E-state index in [1.54, 1.807) is 6.92 Å². The van der Waals surface area contributed by atoms with Crippen LogP contribution >= 0.6 is 0 Å². The minimum Gasteiger partial charge on any atom is -0.372 e. The second-order valence-electron chi connectivity index (χ2n) is 9.54. The lowest BCUT2D eigenvalue weighted by Gasteiger charge is -2.38. The molecule has 2 amide bonds. The topological polar surface area (TPSA) is 70.2 Å². The molecule has 1 aromatic rings. The third kappa shape index (κ3) is 5.06. The summed E-state index contributed by atoms with van der Waals surface area (Å²) in [6.45, 7) is 8.18. The Morgan fingerprint density at radius 2 is 2.04 bits per heavy atom. The number of carbonyl (C=O) groups excluding carboxylic acids is 2. The molecule has 2 bridgehead atoms. The summed E-state index contributed by atoms with van der Waals surface area (Å²) in [5.41, 5.74) is 1.47. The van der Waals surface area contributed by atoms with Crippen molar-refractivity contribution in [2.45, 2.75) is 77.3 Å². The fourth-order valence-electron chi connectivity index (χ4n) is 5.24. The maximum absolute atomic E-state index is 12.7. The Labute approximate surface area is 169 Å². The van der Waals surface area contributed by atoms with Crippen molar-refractivity contribution < 1.29 is 9.59 Å². The van der Waals surface area contributed by atoms with Gasteiger partial charge in [0.15, 0.2) is 0 Å². The van der Waals surface area contributed by atoms with E-state index in [1.807, 2.05) is 45.0 Å². The molecule has 1 unspecified atom stereocenters. The van der Waals surface area contributed by atoms with Gasteiger partial charge >= 0.3 is 0 Å². The SMILES string of the molecule is CC(=O)N[C@]12CC[C@@H](CC(CCNC(=O)C(C)(C)Nc3cccc(C)c3)C1)C2. The first-order valence-electron chi connectivity index (χ1n) is 10.6. The number of rotatable bonds is 7. The van der Waals surface area contributed by atoms with E-state index >= 15 is 0 Å². The Bertz CT molecular complexity index is 730. The van der Waals surface area contributed by atoms with E-state index < -0.39 is 5.54 Å². The third-order valence-corrected chi connectivity index (χ3v) is 6.38. The van der Waals surface area contributed by atoms with Crippen molar-refractivity contribution in [1.82, 2.24) is 10.6 Å². The maximum atomic E-state index is 12.7. The van der Waals surface area contributed by atoms with E-state index in [0.717, 1.165) is 37.3 Å². The van der Waals surface area contributed by atoms with E-state index in [9.17, 15) is 9.59 Å². The molecular weight excluding hydrogens is 350 g/mol. The number of carbonyl (C=O) groups is 2. The van der Waals surface area contributed by atoms with Crippen LogP contribution in [0.2, 0.25) is 0 Å². The lowest BCUT2D eigenvalue weighted by atomic mass is 9.75. The predicted molar refractivity (Wildman–Crippen MR) is 113 cm³/mol. The monoisotopic (exact) mass is 385 g/mol. The quantitative estimate of drug-likeness (QED) is 0.669. The van der Waals surface area contributed by atoms with Gasteiger partial charge in [-0.1, -0.05) is 12.1 Å². The van der Waals surface area contributed by atoms with Gasteiger partial charge in [-0.25, -0.2) is 0 Å². The van der Waals surface area contributed by atoms with Crippen molar-refractivity contribution in [2.75, 3.05) is 11.9 Å². The highest BCUT2D eigenvalue weighted by Crippen LogP contribution is 2.48. The van der Waals surface area contributed by atoms with E-state index in [1.165, 1.54) is 18.4 Å². The van der Waals surface area contributed by atoms with Crippen molar-refractivity contribution in [3.05, 3.63) is 29.8 Å². The van der Waals surface area contributed by atoms with Gasteiger partial charge in [0.1, 0.15) is 5.54 Å². The van der Waals surface area contributed by atoms with Gasteiger partial charge in [-0.05, 0) is 88.8 Å². The molecule has 154 valence electrons. The highest BCUT2D eigenvalue weighted by Gasteiger charge is 2.45. The lowest BCUT2D eigenvalue weighted by Crippen LogP contribution is -2.50. The first kappa shape index (κ1) is 20.7. The van der Waals surface area contributed by atoms with E-state index in [0.29, 0.717) is 12.5 Å². The number of hydrogen-bond donors (Lipinski definition) is 3. The Kier molecular flexibility index (Phi) is 6.01. The molecule has 0 saturated heterocycles. The number of benzene rings is 1. The highest BCUT2D eigenvalue weighted by molar-refractivity contribution is 5.88. The summed E-state index contributed by atoms with van der Waals surface area (Å²) in [5.74, 6) is 1.39. The van der Waals surface area contributed by atoms with Crippen LogP contribution in [-0.4, -0.2) is 29.4 Å². The molecule has 3 N–H and O–H groups in total. The summed E-state index contributed by atoms with van der Waals surface area (Å²) in [6.07, 6.45) is 6.70. The summed E-state index contributed by atoms with van der Waals surface area (Å²) in [6, 6.07) is 8.08. The van der Waals surface area contributed by atoms with Crippen molar-refractivity contribution in [3.8, 4) is 0 Å². The summed E-state index contributed by atoms with van der Waals surface area (Å²) in [4.78, 5) is 24.3. The van der Waals surface area contributed by atoms with Crippen molar-refractivity contribution in [1.29, 1.82) is 0 Å². The van der Waals surface area contributed by atoms with Gasteiger partial charge < -0.3 is 16.0 Å². The molecule has 3 atom stereocenters. The van der Waals surface area contributed by atoms with Crippen LogP contribution in [0.15, 0.2) is 24.3 Å². The first-order valence-corrected chi connectivity index (χ1v) is 10.6. The molecule has 2 fully saturated rings.